The molecule has 0 aliphatic carbocycles. The van der Waals surface area contributed by atoms with Gasteiger partial charge in [0.25, 0.3) is 0 Å². The average Bonchev–Trinajstić information content (AvgIpc) is 2.63. The van der Waals surface area contributed by atoms with E-state index in [0.29, 0.717) is 17.9 Å². The summed E-state index contributed by atoms with van der Waals surface area (Å²) in [4.78, 5) is 10.4. The van der Waals surface area contributed by atoms with Gasteiger partial charge in [0.2, 0.25) is 0 Å². The second-order valence-corrected chi connectivity index (χ2v) is 3.51. The van der Waals surface area contributed by atoms with Crippen molar-refractivity contribution in [2.45, 2.75) is 19.3 Å². The summed E-state index contributed by atoms with van der Waals surface area (Å²) in [5.41, 5.74) is 1.36. The maximum atomic E-state index is 13.4. The molecule has 1 aromatic rings. The lowest BCUT2D eigenvalue weighted by molar-refractivity contribution is -0.136. The Balaban J connectivity index is 2.28. The van der Waals surface area contributed by atoms with Crippen molar-refractivity contribution in [3.8, 4) is 5.75 Å². The number of benzene rings is 1. The molecule has 0 spiro atoms. The number of carboxylic acids is 1. The van der Waals surface area contributed by atoms with E-state index in [1.54, 1.807) is 6.07 Å². The van der Waals surface area contributed by atoms with Crippen LogP contribution in [-0.2, 0) is 17.6 Å². The highest BCUT2D eigenvalue weighted by Gasteiger charge is 2.19. The van der Waals surface area contributed by atoms with E-state index in [-0.39, 0.29) is 18.7 Å². The molecule has 0 saturated heterocycles. The van der Waals surface area contributed by atoms with Crippen LogP contribution >= 0.6 is 0 Å². The lowest BCUT2D eigenvalue weighted by Gasteiger charge is -2.07. The smallest absolute Gasteiger partial charge is 0.303 e. The van der Waals surface area contributed by atoms with Crippen molar-refractivity contribution < 1.29 is 19.0 Å². The summed E-state index contributed by atoms with van der Waals surface area (Å²) in [5.74, 6) is -0.752. The minimum atomic E-state index is -0.926. The fraction of sp³-hybridized carbons (Fsp3) is 0.364. The first-order valence-corrected chi connectivity index (χ1v) is 4.83. The lowest BCUT2D eigenvalue weighted by atomic mass is 10.0. The number of fused-ring (bicyclic) bond motifs is 1. The molecule has 4 heteroatoms. The average molecular weight is 210 g/mol. The summed E-state index contributed by atoms with van der Waals surface area (Å²) in [5, 5.41) is 8.55. The predicted octanol–water partition coefficient (Wildman–Crippen LogP) is 1.78. The molecule has 3 nitrogen and oxygen atoms in total. The van der Waals surface area contributed by atoms with Crippen molar-refractivity contribution in [1.29, 1.82) is 0 Å². The van der Waals surface area contributed by atoms with Crippen molar-refractivity contribution in [2.24, 2.45) is 0 Å². The second-order valence-electron chi connectivity index (χ2n) is 3.51. The van der Waals surface area contributed by atoms with Crippen LogP contribution in [0.2, 0.25) is 0 Å². The zero-order valence-electron chi connectivity index (χ0n) is 8.12. The molecule has 0 aromatic heterocycles. The third-order valence-electron chi connectivity index (χ3n) is 2.49. The molecule has 0 radical (unpaired) electrons. The Hall–Kier alpha value is -1.58. The molecule has 2 rings (SSSR count). The van der Waals surface area contributed by atoms with Gasteiger partial charge in [0.15, 0.2) is 0 Å². The highest BCUT2D eigenvalue weighted by atomic mass is 19.1. The first-order valence-electron chi connectivity index (χ1n) is 4.83. The van der Waals surface area contributed by atoms with Gasteiger partial charge < -0.3 is 9.84 Å². The molecular weight excluding hydrogens is 199 g/mol. The van der Waals surface area contributed by atoms with Gasteiger partial charge in [-0.05, 0) is 18.1 Å². The first-order chi connectivity index (χ1) is 7.18. The standard InChI is InChI=1S/C11H11FO3/c12-9-3-1-7-5-6-15-11(7)8(9)2-4-10(13)14/h1,3H,2,4-6H2,(H,13,14). The fourth-order valence-corrected chi connectivity index (χ4v) is 1.76. The third kappa shape index (κ3) is 1.93. The highest BCUT2D eigenvalue weighted by molar-refractivity contribution is 5.67. The van der Waals surface area contributed by atoms with E-state index in [1.165, 1.54) is 6.07 Å². The van der Waals surface area contributed by atoms with Crippen LogP contribution in [0.25, 0.3) is 0 Å². The number of carboxylic acid groups (broad SMARTS) is 1. The van der Waals surface area contributed by atoms with Crippen LogP contribution in [0.3, 0.4) is 0 Å². The van der Waals surface area contributed by atoms with E-state index >= 15 is 0 Å². The van der Waals surface area contributed by atoms with Gasteiger partial charge in [-0.2, -0.15) is 0 Å². The van der Waals surface area contributed by atoms with Gasteiger partial charge in [0.05, 0.1) is 6.61 Å². The van der Waals surface area contributed by atoms with Gasteiger partial charge in [-0.15, -0.1) is 0 Å². The Morgan fingerprint density at radius 2 is 2.33 bits per heavy atom. The van der Waals surface area contributed by atoms with E-state index in [1.807, 2.05) is 0 Å². The number of aliphatic carboxylic acids is 1. The van der Waals surface area contributed by atoms with Crippen LogP contribution in [0.4, 0.5) is 4.39 Å². The lowest BCUT2D eigenvalue weighted by Crippen LogP contribution is -2.01. The first kappa shape index (κ1) is 9.96. The van der Waals surface area contributed by atoms with E-state index in [2.05, 4.69) is 0 Å². The van der Waals surface area contributed by atoms with Gasteiger partial charge in [0.1, 0.15) is 11.6 Å². The number of hydrogen-bond donors (Lipinski definition) is 1. The molecule has 1 N–H and O–H groups in total. The minimum absolute atomic E-state index is 0.0727. The summed E-state index contributed by atoms with van der Waals surface area (Å²) in [6, 6.07) is 3.08. The van der Waals surface area contributed by atoms with Crippen molar-refractivity contribution in [3.63, 3.8) is 0 Å². The molecule has 80 valence electrons. The normalized spacial score (nSPS) is 13.4. The van der Waals surface area contributed by atoms with Crippen LogP contribution in [-0.4, -0.2) is 17.7 Å². The van der Waals surface area contributed by atoms with E-state index in [4.69, 9.17) is 9.84 Å². The predicted molar refractivity (Wildman–Crippen MR) is 51.6 cm³/mol. The topological polar surface area (TPSA) is 46.5 Å². The molecule has 1 aromatic carbocycles. The molecule has 1 heterocycles. The quantitative estimate of drug-likeness (QED) is 0.827. The van der Waals surface area contributed by atoms with Crippen LogP contribution in [0.15, 0.2) is 12.1 Å². The Morgan fingerprint density at radius 3 is 3.07 bits per heavy atom. The molecule has 0 atom stereocenters. The molecule has 0 fully saturated rings. The Kier molecular flexibility index (Phi) is 2.58. The summed E-state index contributed by atoms with van der Waals surface area (Å²) in [6.07, 6.45) is 0.886. The number of rotatable bonds is 3. The van der Waals surface area contributed by atoms with Crippen LogP contribution in [0, 0.1) is 5.82 Å². The van der Waals surface area contributed by atoms with Crippen molar-refractivity contribution in [3.05, 3.63) is 29.1 Å². The zero-order chi connectivity index (χ0) is 10.8. The van der Waals surface area contributed by atoms with Crippen molar-refractivity contribution in [2.75, 3.05) is 6.61 Å². The van der Waals surface area contributed by atoms with E-state index in [0.717, 1.165) is 12.0 Å². The van der Waals surface area contributed by atoms with Crippen LogP contribution < -0.4 is 4.74 Å². The number of ether oxygens (including phenoxy) is 1. The summed E-state index contributed by atoms with van der Waals surface area (Å²) in [6.45, 7) is 0.554. The molecule has 0 unspecified atom stereocenters. The van der Waals surface area contributed by atoms with Crippen molar-refractivity contribution >= 4 is 5.97 Å². The molecule has 0 bridgehead atoms. The van der Waals surface area contributed by atoms with Crippen LogP contribution in [0.5, 0.6) is 5.75 Å². The molecule has 0 saturated carbocycles. The minimum Gasteiger partial charge on any atom is -0.493 e. The van der Waals surface area contributed by atoms with E-state index < -0.39 is 5.97 Å². The maximum absolute atomic E-state index is 13.4. The maximum Gasteiger partial charge on any atom is 0.303 e. The fourth-order valence-electron chi connectivity index (χ4n) is 1.76. The zero-order valence-corrected chi connectivity index (χ0v) is 8.12. The summed E-state index contributed by atoms with van der Waals surface area (Å²) in [7, 11) is 0. The third-order valence-corrected chi connectivity index (χ3v) is 2.49. The molecular formula is C11H11FO3. The molecule has 15 heavy (non-hydrogen) atoms. The Labute approximate surface area is 86.5 Å². The van der Waals surface area contributed by atoms with Gasteiger partial charge in [-0.25, -0.2) is 4.39 Å². The second kappa shape index (κ2) is 3.88. The monoisotopic (exact) mass is 210 g/mol. The molecule has 0 amide bonds. The van der Waals surface area contributed by atoms with Gasteiger partial charge in [0, 0.05) is 18.4 Å². The van der Waals surface area contributed by atoms with Crippen molar-refractivity contribution in [1.82, 2.24) is 0 Å². The molecule has 1 aliphatic rings. The number of hydrogen-bond acceptors (Lipinski definition) is 2. The number of halogens is 1. The van der Waals surface area contributed by atoms with Gasteiger partial charge in [-0.3, -0.25) is 4.79 Å². The SMILES string of the molecule is O=C(O)CCc1c(F)ccc2c1OCC2. The van der Waals surface area contributed by atoms with Gasteiger partial charge >= 0.3 is 5.97 Å². The number of carbonyl (C=O) groups is 1. The van der Waals surface area contributed by atoms with Gasteiger partial charge in [-0.1, -0.05) is 6.07 Å². The highest BCUT2D eigenvalue weighted by Crippen LogP contribution is 2.32. The largest absolute Gasteiger partial charge is 0.493 e. The van der Waals surface area contributed by atoms with E-state index in [9.17, 15) is 9.18 Å². The summed E-state index contributed by atoms with van der Waals surface area (Å²) >= 11 is 0. The summed E-state index contributed by atoms with van der Waals surface area (Å²) < 4.78 is 18.7. The molecule has 1 aliphatic heterocycles. The Morgan fingerprint density at radius 1 is 1.53 bits per heavy atom. The van der Waals surface area contributed by atoms with Crippen LogP contribution in [0.1, 0.15) is 17.5 Å². The Bertz CT molecular complexity index is 401.